The third-order valence-corrected chi connectivity index (χ3v) is 3.75. The maximum Gasteiger partial charge on any atom is 0.283 e. The molecule has 0 aliphatic heterocycles. The van der Waals surface area contributed by atoms with Gasteiger partial charge in [0.2, 0.25) is 5.95 Å². The summed E-state index contributed by atoms with van der Waals surface area (Å²) in [5.74, 6) is 0.226. The van der Waals surface area contributed by atoms with Crippen molar-refractivity contribution in [2.75, 3.05) is 14.1 Å². The average Bonchev–Trinajstić information content (AvgIpc) is 2.66. The summed E-state index contributed by atoms with van der Waals surface area (Å²) in [7, 11) is 3.62. The molecule has 0 saturated heterocycles. The van der Waals surface area contributed by atoms with Crippen LogP contribution in [0.4, 0.5) is 11.6 Å². The van der Waals surface area contributed by atoms with E-state index >= 15 is 0 Å². The highest BCUT2D eigenvalue weighted by molar-refractivity contribution is 5.70. The number of benzene rings is 1. The van der Waals surface area contributed by atoms with Crippen molar-refractivity contribution in [3.8, 4) is 0 Å². The lowest BCUT2D eigenvalue weighted by atomic mass is 10.1. The van der Waals surface area contributed by atoms with E-state index in [1.165, 1.54) is 29.1 Å². The summed E-state index contributed by atoms with van der Waals surface area (Å²) in [6, 6.07) is 6.21. The lowest BCUT2D eigenvalue weighted by Gasteiger charge is -2.10. The monoisotopic (exact) mass is 367 g/mol. The molecule has 0 radical (unpaired) electrons. The van der Waals surface area contributed by atoms with Crippen LogP contribution in [0.15, 0.2) is 46.4 Å². The van der Waals surface area contributed by atoms with Gasteiger partial charge in [0.05, 0.1) is 11.3 Å². The number of nitro groups is 1. The number of hydrogen-bond donors (Lipinski definition) is 0. The topological polar surface area (TPSA) is 119 Å². The molecule has 0 spiro atoms. The second-order valence-corrected chi connectivity index (χ2v) is 5.98. The van der Waals surface area contributed by atoms with Crippen molar-refractivity contribution in [3.05, 3.63) is 62.7 Å². The molecule has 10 heteroatoms. The van der Waals surface area contributed by atoms with Gasteiger partial charge in [0.1, 0.15) is 0 Å². The van der Waals surface area contributed by atoms with E-state index in [9.17, 15) is 14.9 Å². The number of fused-ring (bicyclic) bond motifs is 1. The molecule has 0 amide bonds. The van der Waals surface area contributed by atoms with E-state index in [4.69, 9.17) is 0 Å². The van der Waals surface area contributed by atoms with E-state index in [0.717, 1.165) is 5.56 Å². The van der Waals surface area contributed by atoms with Gasteiger partial charge in [-0.05, 0) is 12.0 Å². The van der Waals surface area contributed by atoms with Gasteiger partial charge in [0.15, 0.2) is 11.2 Å². The standard InChI is InChI=1S/C17H17N7O3/c1-22(2)11-20-17-21-15-14(18-8-9-19-15)16(25)23(17)10-7-12-3-5-13(6-4-12)24(26)27/h3-6,8-9,11H,7,10H2,1-2H3/b20-11+. The summed E-state index contributed by atoms with van der Waals surface area (Å²) in [4.78, 5) is 41.6. The number of nitrogens with zero attached hydrogens (tertiary/aromatic N) is 7. The summed E-state index contributed by atoms with van der Waals surface area (Å²) in [5.41, 5.74) is 0.954. The zero-order chi connectivity index (χ0) is 19.4. The van der Waals surface area contributed by atoms with Gasteiger partial charge in [-0.1, -0.05) is 12.1 Å². The molecule has 2 aromatic heterocycles. The Balaban J connectivity index is 1.96. The summed E-state index contributed by atoms with van der Waals surface area (Å²) < 4.78 is 1.43. The van der Waals surface area contributed by atoms with Crippen LogP contribution in [0.25, 0.3) is 11.2 Å². The molecule has 2 heterocycles. The Hall–Kier alpha value is -3.69. The quantitative estimate of drug-likeness (QED) is 0.281. The van der Waals surface area contributed by atoms with Crippen molar-refractivity contribution in [2.24, 2.45) is 4.99 Å². The number of aliphatic imine (C=N–C) groups is 1. The fourth-order valence-corrected chi connectivity index (χ4v) is 2.43. The number of aryl methyl sites for hydroxylation is 1. The Bertz CT molecular complexity index is 1060. The molecule has 0 N–H and O–H groups in total. The fraction of sp³-hybridized carbons (Fsp3) is 0.235. The maximum absolute atomic E-state index is 12.8. The van der Waals surface area contributed by atoms with E-state index in [1.54, 1.807) is 23.4 Å². The number of non-ortho nitro benzene ring substituents is 1. The number of rotatable bonds is 6. The van der Waals surface area contributed by atoms with Gasteiger partial charge >= 0.3 is 0 Å². The van der Waals surface area contributed by atoms with Gasteiger partial charge in [0.25, 0.3) is 11.2 Å². The molecule has 0 unspecified atom stereocenters. The minimum atomic E-state index is -0.450. The van der Waals surface area contributed by atoms with Crippen LogP contribution in [0.3, 0.4) is 0 Å². The molecule has 0 aliphatic rings. The van der Waals surface area contributed by atoms with Crippen molar-refractivity contribution < 1.29 is 4.92 Å². The first kappa shape index (κ1) is 18.1. The Morgan fingerprint density at radius 2 is 1.93 bits per heavy atom. The minimum Gasteiger partial charge on any atom is -0.369 e. The van der Waals surface area contributed by atoms with E-state index in [0.29, 0.717) is 13.0 Å². The average molecular weight is 367 g/mol. The SMILES string of the molecule is CN(C)/C=N/c1nc2nccnc2c(=O)n1CCc1ccc([N+](=O)[O-])cc1. The van der Waals surface area contributed by atoms with Crippen molar-refractivity contribution in [2.45, 2.75) is 13.0 Å². The smallest absolute Gasteiger partial charge is 0.283 e. The molecule has 0 atom stereocenters. The predicted molar refractivity (Wildman–Crippen MR) is 100 cm³/mol. The third kappa shape index (κ3) is 4.11. The minimum absolute atomic E-state index is 0.0230. The largest absolute Gasteiger partial charge is 0.369 e. The van der Waals surface area contributed by atoms with Crippen molar-refractivity contribution in [1.82, 2.24) is 24.4 Å². The third-order valence-electron chi connectivity index (χ3n) is 3.75. The molecule has 27 heavy (non-hydrogen) atoms. The fourth-order valence-electron chi connectivity index (χ4n) is 2.43. The molecule has 0 saturated carbocycles. The molecule has 10 nitrogen and oxygen atoms in total. The Morgan fingerprint density at radius 3 is 2.59 bits per heavy atom. The number of nitro benzene ring substituents is 1. The predicted octanol–water partition coefficient (Wildman–Crippen LogP) is 1.56. The molecule has 0 aliphatic carbocycles. The van der Waals surface area contributed by atoms with Gasteiger partial charge in [0, 0.05) is 45.2 Å². The van der Waals surface area contributed by atoms with E-state index in [1.807, 2.05) is 14.1 Å². The summed E-state index contributed by atoms with van der Waals surface area (Å²) in [6.45, 7) is 0.302. The second kappa shape index (κ2) is 7.68. The van der Waals surface area contributed by atoms with Crippen molar-refractivity contribution in [1.29, 1.82) is 0 Å². The first-order valence-corrected chi connectivity index (χ1v) is 8.11. The van der Waals surface area contributed by atoms with E-state index < -0.39 is 4.92 Å². The first-order valence-electron chi connectivity index (χ1n) is 8.11. The van der Waals surface area contributed by atoms with Crippen LogP contribution in [0.1, 0.15) is 5.56 Å². The van der Waals surface area contributed by atoms with Crippen LogP contribution in [-0.4, -0.2) is 49.8 Å². The highest BCUT2D eigenvalue weighted by atomic mass is 16.6. The van der Waals surface area contributed by atoms with E-state index in [2.05, 4.69) is 19.9 Å². The van der Waals surface area contributed by atoms with Gasteiger partial charge in [-0.2, -0.15) is 4.98 Å². The highest BCUT2D eigenvalue weighted by Gasteiger charge is 2.12. The zero-order valence-electron chi connectivity index (χ0n) is 14.8. The summed E-state index contributed by atoms with van der Waals surface area (Å²) in [5, 5.41) is 10.8. The maximum atomic E-state index is 12.8. The Morgan fingerprint density at radius 1 is 1.22 bits per heavy atom. The van der Waals surface area contributed by atoms with Crippen LogP contribution in [-0.2, 0) is 13.0 Å². The molecule has 0 fully saturated rings. The highest BCUT2D eigenvalue weighted by Crippen LogP contribution is 2.14. The summed E-state index contributed by atoms with van der Waals surface area (Å²) in [6.07, 6.45) is 4.94. The van der Waals surface area contributed by atoms with Crippen molar-refractivity contribution >= 4 is 29.1 Å². The Labute approximate surface area is 154 Å². The Kier molecular flexibility index (Phi) is 5.15. The van der Waals surface area contributed by atoms with Crippen LogP contribution in [0.5, 0.6) is 0 Å². The molecule has 3 aromatic rings. The number of aromatic nitrogens is 4. The van der Waals surface area contributed by atoms with Gasteiger partial charge in [-0.3, -0.25) is 19.5 Å². The first-order chi connectivity index (χ1) is 13.0. The molecular formula is C17H17N7O3. The second-order valence-electron chi connectivity index (χ2n) is 5.98. The molecular weight excluding hydrogens is 350 g/mol. The van der Waals surface area contributed by atoms with Crippen LogP contribution in [0.2, 0.25) is 0 Å². The molecule has 0 bridgehead atoms. The zero-order valence-corrected chi connectivity index (χ0v) is 14.8. The van der Waals surface area contributed by atoms with Crippen LogP contribution < -0.4 is 5.56 Å². The summed E-state index contributed by atoms with van der Waals surface area (Å²) >= 11 is 0. The van der Waals surface area contributed by atoms with E-state index in [-0.39, 0.29) is 28.4 Å². The normalized spacial score (nSPS) is 11.2. The molecule has 1 aromatic carbocycles. The van der Waals surface area contributed by atoms with Crippen LogP contribution >= 0.6 is 0 Å². The van der Waals surface area contributed by atoms with Gasteiger partial charge in [-0.25, -0.2) is 15.0 Å². The number of hydrogen-bond acceptors (Lipinski definition) is 7. The molecule has 3 rings (SSSR count). The molecule has 138 valence electrons. The lowest BCUT2D eigenvalue weighted by Crippen LogP contribution is -2.24. The van der Waals surface area contributed by atoms with Gasteiger partial charge in [-0.15, -0.1) is 0 Å². The van der Waals surface area contributed by atoms with Crippen LogP contribution in [0, 0.1) is 10.1 Å². The lowest BCUT2D eigenvalue weighted by molar-refractivity contribution is -0.384. The van der Waals surface area contributed by atoms with Crippen molar-refractivity contribution in [3.63, 3.8) is 0 Å². The van der Waals surface area contributed by atoms with Gasteiger partial charge < -0.3 is 4.90 Å².